The van der Waals surface area contributed by atoms with E-state index in [2.05, 4.69) is 17.4 Å². The van der Waals surface area contributed by atoms with Gasteiger partial charge in [-0.15, -0.1) is 0 Å². The predicted octanol–water partition coefficient (Wildman–Crippen LogP) is 2.76. The number of hydrogen-bond donors (Lipinski definition) is 2. The smallest absolute Gasteiger partial charge is 0.129 e. The van der Waals surface area contributed by atoms with Crippen LogP contribution in [0.15, 0.2) is 42.5 Å². The van der Waals surface area contributed by atoms with Crippen molar-refractivity contribution < 1.29 is 13.9 Å². The van der Waals surface area contributed by atoms with Crippen LogP contribution in [0.3, 0.4) is 0 Å². The number of halogens is 2. The molecule has 1 aliphatic rings. The second kappa shape index (κ2) is 5.92. The Hall–Kier alpha value is -1.78. The summed E-state index contributed by atoms with van der Waals surface area (Å²) in [5.74, 6) is -1.13. The van der Waals surface area contributed by atoms with Crippen LogP contribution in [0.25, 0.3) is 0 Å². The van der Waals surface area contributed by atoms with Gasteiger partial charge >= 0.3 is 0 Å². The van der Waals surface area contributed by atoms with Gasteiger partial charge in [0.15, 0.2) is 0 Å². The number of nitrogens with one attached hydrogen (secondary N) is 1. The van der Waals surface area contributed by atoms with Crippen LogP contribution in [0.2, 0.25) is 0 Å². The molecule has 0 spiro atoms. The second-order valence-corrected chi connectivity index (χ2v) is 5.46. The first kappa shape index (κ1) is 14.2. The monoisotopic (exact) mass is 289 g/mol. The molecule has 0 saturated heterocycles. The summed E-state index contributed by atoms with van der Waals surface area (Å²) in [4.78, 5) is 0. The molecule has 0 amide bonds. The van der Waals surface area contributed by atoms with Gasteiger partial charge in [0.2, 0.25) is 0 Å². The van der Waals surface area contributed by atoms with Crippen molar-refractivity contribution in [1.82, 2.24) is 5.32 Å². The van der Waals surface area contributed by atoms with Gasteiger partial charge in [-0.1, -0.05) is 24.3 Å². The lowest BCUT2D eigenvalue weighted by Gasteiger charge is -2.17. The average Bonchev–Trinajstić information content (AvgIpc) is 2.90. The van der Waals surface area contributed by atoms with E-state index < -0.39 is 17.7 Å². The molecule has 0 radical (unpaired) electrons. The summed E-state index contributed by atoms with van der Waals surface area (Å²) in [6.45, 7) is 0.207. The molecule has 1 aliphatic carbocycles. The number of fused-ring (bicyclic) bond motifs is 1. The maximum absolute atomic E-state index is 13.6. The zero-order valence-electron chi connectivity index (χ0n) is 11.5. The van der Waals surface area contributed by atoms with Gasteiger partial charge in [-0.05, 0) is 42.2 Å². The van der Waals surface area contributed by atoms with E-state index in [1.165, 1.54) is 11.1 Å². The van der Waals surface area contributed by atoms with Crippen LogP contribution >= 0.6 is 0 Å². The minimum Gasteiger partial charge on any atom is -0.387 e. The van der Waals surface area contributed by atoms with Gasteiger partial charge in [0.25, 0.3) is 0 Å². The van der Waals surface area contributed by atoms with Gasteiger partial charge in [0.05, 0.1) is 6.10 Å². The quantitative estimate of drug-likeness (QED) is 0.907. The maximum atomic E-state index is 13.6. The van der Waals surface area contributed by atoms with E-state index >= 15 is 0 Å². The Morgan fingerprint density at radius 2 is 1.76 bits per heavy atom. The Labute approximate surface area is 122 Å². The standard InChI is InChI=1S/C17H17F2NO/c18-13-5-6-16(19)15(9-13)17(21)10-20-14-7-11-3-1-2-4-12(11)8-14/h1-6,9,14,17,20-21H,7-8,10H2. The highest BCUT2D eigenvalue weighted by atomic mass is 19.1. The van der Waals surface area contributed by atoms with Crippen molar-refractivity contribution in [3.63, 3.8) is 0 Å². The fourth-order valence-electron chi connectivity index (χ4n) is 2.86. The van der Waals surface area contributed by atoms with Crippen molar-refractivity contribution in [2.75, 3.05) is 6.54 Å². The molecule has 0 saturated carbocycles. The minimum absolute atomic E-state index is 0.00184. The molecule has 4 heteroatoms. The van der Waals surface area contributed by atoms with E-state index in [4.69, 9.17) is 0 Å². The van der Waals surface area contributed by atoms with Crippen molar-refractivity contribution in [1.29, 1.82) is 0 Å². The first-order valence-corrected chi connectivity index (χ1v) is 7.06. The van der Waals surface area contributed by atoms with Crippen molar-refractivity contribution in [2.24, 2.45) is 0 Å². The Morgan fingerprint density at radius 1 is 1.10 bits per heavy atom. The molecule has 21 heavy (non-hydrogen) atoms. The summed E-state index contributed by atoms with van der Waals surface area (Å²) in [6, 6.07) is 11.6. The zero-order valence-corrected chi connectivity index (χ0v) is 11.5. The third-order valence-corrected chi connectivity index (χ3v) is 3.97. The van der Waals surface area contributed by atoms with Gasteiger partial charge in [-0.25, -0.2) is 8.78 Å². The fourth-order valence-corrected chi connectivity index (χ4v) is 2.86. The summed E-state index contributed by atoms with van der Waals surface area (Å²) in [5.41, 5.74) is 2.61. The number of rotatable bonds is 4. The highest BCUT2D eigenvalue weighted by Gasteiger charge is 2.22. The maximum Gasteiger partial charge on any atom is 0.129 e. The van der Waals surface area contributed by atoms with Crippen LogP contribution in [-0.4, -0.2) is 17.7 Å². The van der Waals surface area contributed by atoms with Crippen LogP contribution in [-0.2, 0) is 12.8 Å². The summed E-state index contributed by atoms with van der Waals surface area (Å²) in [5, 5.41) is 13.3. The Bertz CT molecular complexity index is 619. The van der Waals surface area contributed by atoms with Crippen molar-refractivity contribution >= 4 is 0 Å². The minimum atomic E-state index is -1.05. The first-order chi connectivity index (χ1) is 10.1. The third kappa shape index (κ3) is 3.12. The van der Waals surface area contributed by atoms with E-state index in [9.17, 15) is 13.9 Å². The molecule has 0 aliphatic heterocycles. The lowest BCUT2D eigenvalue weighted by molar-refractivity contribution is 0.165. The van der Waals surface area contributed by atoms with Crippen molar-refractivity contribution in [2.45, 2.75) is 25.0 Å². The van der Waals surface area contributed by atoms with E-state index in [1.54, 1.807) is 0 Å². The molecule has 110 valence electrons. The lowest BCUT2D eigenvalue weighted by atomic mass is 10.1. The molecule has 2 aromatic carbocycles. The average molecular weight is 289 g/mol. The number of benzene rings is 2. The first-order valence-electron chi connectivity index (χ1n) is 7.06. The zero-order chi connectivity index (χ0) is 14.8. The Morgan fingerprint density at radius 3 is 2.43 bits per heavy atom. The molecule has 1 unspecified atom stereocenters. The number of aliphatic hydroxyl groups excluding tert-OH is 1. The third-order valence-electron chi connectivity index (χ3n) is 3.97. The molecule has 2 nitrogen and oxygen atoms in total. The topological polar surface area (TPSA) is 32.3 Å². The molecule has 3 rings (SSSR count). The highest BCUT2D eigenvalue weighted by molar-refractivity contribution is 5.33. The van der Waals surface area contributed by atoms with Crippen molar-refractivity contribution in [3.05, 3.63) is 70.8 Å². The molecule has 1 atom stereocenters. The second-order valence-electron chi connectivity index (χ2n) is 5.46. The van der Waals surface area contributed by atoms with E-state index in [-0.39, 0.29) is 18.2 Å². The number of aliphatic hydroxyl groups is 1. The molecular weight excluding hydrogens is 272 g/mol. The van der Waals surface area contributed by atoms with Crippen LogP contribution in [0.4, 0.5) is 8.78 Å². The number of hydrogen-bond acceptors (Lipinski definition) is 2. The summed E-state index contributed by atoms with van der Waals surface area (Å²) >= 11 is 0. The van der Waals surface area contributed by atoms with E-state index in [0.29, 0.717) is 0 Å². The summed E-state index contributed by atoms with van der Waals surface area (Å²) < 4.78 is 26.7. The molecule has 0 heterocycles. The summed E-state index contributed by atoms with van der Waals surface area (Å²) in [6.07, 6.45) is 0.743. The molecular formula is C17H17F2NO. The Kier molecular flexibility index (Phi) is 3.99. The molecule has 0 fully saturated rings. The molecule has 2 aromatic rings. The largest absolute Gasteiger partial charge is 0.387 e. The molecule has 0 bridgehead atoms. The van der Waals surface area contributed by atoms with E-state index in [0.717, 1.165) is 31.0 Å². The molecule has 2 N–H and O–H groups in total. The SMILES string of the molecule is OC(CNC1Cc2ccccc2C1)c1cc(F)ccc1F. The summed E-state index contributed by atoms with van der Waals surface area (Å²) in [7, 11) is 0. The highest BCUT2D eigenvalue weighted by Crippen LogP contribution is 2.23. The van der Waals surface area contributed by atoms with Gasteiger partial charge in [-0.3, -0.25) is 0 Å². The predicted molar refractivity (Wildman–Crippen MR) is 77.0 cm³/mol. The van der Waals surface area contributed by atoms with Crippen molar-refractivity contribution in [3.8, 4) is 0 Å². The van der Waals surface area contributed by atoms with Gasteiger partial charge in [0.1, 0.15) is 11.6 Å². The van der Waals surface area contributed by atoms with Gasteiger partial charge in [0, 0.05) is 18.2 Å². The Balaban J connectivity index is 1.60. The molecule has 0 aromatic heterocycles. The van der Waals surface area contributed by atoms with Crippen LogP contribution in [0, 0.1) is 11.6 Å². The van der Waals surface area contributed by atoms with Gasteiger partial charge in [-0.2, -0.15) is 0 Å². The lowest BCUT2D eigenvalue weighted by Crippen LogP contribution is -2.33. The normalized spacial score (nSPS) is 16.0. The van der Waals surface area contributed by atoms with Crippen LogP contribution in [0.1, 0.15) is 22.8 Å². The van der Waals surface area contributed by atoms with Crippen LogP contribution in [0.5, 0.6) is 0 Å². The fraction of sp³-hybridized carbons (Fsp3) is 0.294. The van der Waals surface area contributed by atoms with Crippen LogP contribution < -0.4 is 5.32 Å². The van der Waals surface area contributed by atoms with E-state index in [1.807, 2.05) is 12.1 Å². The van der Waals surface area contributed by atoms with Gasteiger partial charge < -0.3 is 10.4 Å².